The van der Waals surface area contributed by atoms with Crippen LogP contribution in [0.3, 0.4) is 0 Å². The molecule has 0 bridgehead atoms. The van der Waals surface area contributed by atoms with Gasteiger partial charge in [0, 0.05) is 6.21 Å². The standard InChI is InChI=1S/C32H55NO2/c1-7-8-9-10-11-12-13-14-15-16-17-18-23-35-32(34)31(27(4)5)33-25-28(6)24-29-19-21-30(22-20-29)26(2)3/h19-22,25-28,31H,7-18,23-24H2,1-6H3. The molecule has 0 aliphatic carbocycles. The zero-order valence-electron chi connectivity index (χ0n) is 23.9. The van der Waals surface area contributed by atoms with Crippen LogP contribution in [-0.2, 0) is 16.0 Å². The molecule has 2 unspecified atom stereocenters. The van der Waals surface area contributed by atoms with Crippen molar-refractivity contribution in [3.8, 4) is 0 Å². The van der Waals surface area contributed by atoms with E-state index in [0.717, 1.165) is 19.3 Å². The van der Waals surface area contributed by atoms with Crippen molar-refractivity contribution >= 4 is 12.2 Å². The van der Waals surface area contributed by atoms with Crippen molar-refractivity contribution in [1.29, 1.82) is 0 Å². The van der Waals surface area contributed by atoms with Gasteiger partial charge in [0.25, 0.3) is 0 Å². The molecule has 3 nitrogen and oxygen atoms in total. The first kappa shape index (κ1) is 31.4. The van der Waals surface area contributed by atoms with Crippen LogP contribution in [0.5, 0.6) is 0 Å². The highest BCUT2D eigenvalue weighted by molar-refractivity contribution is 5.78. The number of benzene rings is 1. The molecule has 0 N–H and O–H groups in total. The predicted molar refractivity (Wildman–Crippen MR) is 153 cm³/mol. The number of hydrogen-bond acceptors (Lipinski definition) is 3. The average molecular weight is 486 g/mol. The molecule has 35 heavy (non-hydrogen) atoms. The molecule has 0 aliphatic heterocycles. The van der Waals surface area contributed by atoms with E-state index in [-0.39, 0.29) is 17.8 Å². The lowest BCUT2D eigenvalue weighted by molar-refractivity contribution is -0.146. The molecule has 0 amide bonds. The topological polar surface area (TPSA) is 38.7 Å². The Bertz CT molecular complexity index is 677. The van der Waals surface area contributed by atoms with E-state index in [9.17, 15) is 4.79 Å². The molecule has 3 heteroatoms. The SMILES string of the molecule is CCCCCCCCCCCCCCOC(=O)C(N=CC(C)Cc1ccc(C(C)C)cc1)C(C)C. The molecule has 0 spiro atoms. The Morgan fingerprint density at radius 1 is 0.800 bits per heavy atom. The lowest BCUT2D eigenvalue weighted by Gasteiger charge is -2.16. The largest absolute Gasteiger partial charge is 0.464 e. The quantitative estimate of drug-likeness (QED) is 0.105. The van der Waals surface area contributed by atoms with Crippen molar-refractivity contribution in [3.63, 3.8) is 0 Å². The Kier molecular flexibility index (Phi) is 17.5. The average Bonchev–Trinajstić information content (AvgIpc) is 2.82. The molecular formula is C32H55NO2. The summed E-state index contributed by atoms with van der Waals surface area (Å²) in [5, 5.41) is 0. The highest BCUT2D eigenvalue weighted by atomic mass is 16.5. The number of esters is 1. The van der Waals surface area contributed by atoms with Gasteiger partial charge < -0.3 is 4.74 Å². The second-order valence-electron chi connectivity index (χ2n) is 11.1. The van der Waals surface area contributed by atoms with E-state index in [1.807, 2.05) is 20.1 Å². The van der Waals surface area contributed by atoms with Crippen LogP contribution < -0.4 is 0 Å². The Balaban J connectivity index is 2.22. The van der Waals surface area contributed by atoms with Gasteiger partial charge in [-0.05, 0) is 41.7 Å². The minimum absolute atomic E-state index is 0.137. The molecule has 1 aromatic carbocycles. The first-order valence-corrected chi connectivity index (χ1v) is 14.6. The summed E-state index contributed by atoms with van der Waals surface area (Å²) in [6.07, 6.45) is 18.6. The fourth-order valence-electron chi connectivity index (χ4n) is 4.41. The zero-order valence-corrected chi connectivity index (χ0v) is 23.9. The van der Waals surface area contributed by atoms with Gasteiger partial charge in [-0.2, -0.15) is 0 Å². The summed E-state index contributed by atoms with van der Waals surface area (Å²) < 4.78 is 5.59. The molecule has 0 heterocycles. The molecule has 2 atom stereocenters. The number of carbonyl (C=O) groups excluding carboxylic acids is 1. The van der Waals surface area contributed by atoms with Crippen molar-refractivity contribution in [1.82, 2.24) is 0 Å². The zero-order chi connectivity index (χ0) is 25.9. The second kappa shape index (κ2) is 19.5. The van der Waals surface area contributed by atoms with Gasteiger partial charge in [0.15, 0.2) is 0 Å². The number of carbonyl (C=O) groups is 1. The van der Waals surface area contributed by atoms with Gasteiger partial charge in [0.05, 0.1) is 6.61 Å². The highest BCUT2D eigenvalue weighted by Crippen LogP contribution is 2.17. The number of aliphatic imine (C=N–C) groups is 1. The second-order valence-corrected chi connectivity index (χ2v) is 11.1. The van der Waals surface area contributed by atoms with Crippen molar-refractivity contribution in [2.24, 2.45) is 16.8 Å². The Morgan fingerprint density at radius 3 is 1.80 bits per heavy atom. The summed E-state index contributed by atoms with van der Waals surface area (Å²) in [4.78, 5) is 17.3. The summed E-state index contributed by atoms with van der Waals surface area (Å²) in [5.41, 5.74) is 2.68. The maximum Gasteiger partial charge on any atom is 0.331 e. The molecule has 0 radical (unpaired) electrons. The molecular weight excluding hydrogens is 430 g/mol. The van der Waals surface area contributed by atoms with E-state index >= 15 is 0 Å². The lowest BCUT2D eigenvalue weighted by atomic mass is 9.97. The summed E-state index contributed by atoms with van der Waals surface area (Å²) >= 11 is 0. The number of hydrogen-bond donors (Lipinski definition) is 0. The van der Waals surface area contributed by atoms with Gasteiger partial charge in [-0.25, -0.2) is 4.79 Å². The van der Waals surface area contributed by atoms with Crippen LogP contribution in [0.25, 0.3) is 0 Å². The molecule has 1 aromatic rings. The van der Waals surface area contributed by atoms with Gasteiger partial charge in [-0.1, -0.05) is 136 Å². The van der Waals surface area contributed by atoms with Gasteiger partial charge in [0.1, 0.15) is 6.04 Å². The Labute approximate surface area is 217 Å². The van der Waals surface area contributed by atoms with E-state index in [4.69, 9.17) is 4.74 Å². The maximum atomic E-state index is 12.6. The van der Waals surface area contributed by atoms with Gasteiger partial charge in [-0.3, -0.25) is 4.99 Å². The minimum atomic E-state index is -0.405. The smallest absolute Gasteiger partial charge is 0.331 e. The van der Waals surface area contributed by atoms with E-state index in [1.54, 1.807) is 0 Å². The normalized spacial score (nSPS) is 13.6. The predicted octanol–water partition coefficient (Wildman–Crippen LogP) is 9.33. The van der Waals surface area contributed by atoms with E-state index in [1.165, 1.54) is 75.3 Å². The molecule has 200 valence electrons. The maximum absolute atomic E-state index is 12.6. The Morgan fingerprint density at radius 2 is 1.31 bits per heavy atom. The van der Waals surface area contributed by atoms with Crippen LogP contribution in [0.15, 0.2) is 29.3 Å². The molecule has 0 aromatic heterocycles. The van der Waals surface area contributed by atoms with E-state index in [2.05, 4.69) is 57.0 Å². The highest BCUT2D eigenvalue weighted by Gasteiger charge is 2.22. The number of rotatable bonds is 20. The summed E-state index contributed by atoms with van der Waals surface area (Å²) in [6, 6.07) is 8.45. The summed E-state index contributed by atoms with van der Waals surface area (Å²) in [5.74, 6) is 0.798. The van der Waals surface area contributed by atoms with E-state index in [0.29, 0.717) is 12.5 Å². The molecule has 0 aliphatic rings. The number of nitrogens with zero attached hydrogens (tertiary/aromatic N) is 1. The third kappa shape index (κ3) is 15.2. The van der Waals surface area contributed by atoms with Crippen LogP contribution >= 0.6 is 0 Å². The fraction of sp³-hybridized carbons (Fsp3) is 0.750. The van der Waals surface area contributed by atoms with Gasteiger partial charge in [-0.15, -0.1) is 0 Å². The molecule has 1 rings (SSSR count). The lowest BCUT2D eigenvalue weighted by Crippen LogP contribution is -2.27. The first-order chi connectivity index (χ1) is 16.8. The summed E-state index contributed by atoms with van der Waals surface area (Å²) in [6.45, 7) is 13.5. The minimum Gasteiger partial charge on any atom is -0.464 e. The Hall–Kier alpha value is -1.64. The summed E-state index contributed by atoms with van der Waals surface area (Å²) in [7, 11) is 0. The third-order valence-electron chi connectivity index (χ3n) is 6.82. The number of unbranched alkanes of at least 4 members (excludes halogenated alkanes) is 11. The molecule has 0 fully saturated rings. The first-order valence-electron chi connectivity index (χ1n) is 14.6. The monoisotopic (exact) mass is 485 g/mol. The van der Waals surface area contributed by atoms with Crippen LogP contribution in [0.4, 0.5) is 0 Å². The van der Waals surface area contributed by atoms with Crippen molar-refractivity contribution in [2.75, 3.05) is 6.61 Å². The third-order valence-corrected chi connectivity index (χ3v) is 6.82. The van der Waals surface area contributed by atoms with E-state index < -0.39 is 6.04 Å². The van der Waals surface area contributed by atoms with Gasteiger partial charge in [0.2, 0.25) is 0 Å². The van der Waals surface area contributed by atoms with Crippen LogP contribution in [0.1, 0.15) is 136 Å². The fourth-order valence-corrected chi connectivity index (χ4v) is 4.41. The van der Waals surface area contributed by atoms with Crippen molar-refractivity contribution in [3.05, 3.63) is 35.4 Å². The molecule has 0 saturated heterocycles. The van der Waals surface area contributed by atoms with Crippen LogP contribution in [-0.4, -0.2) is 24.8 Å². The van der Waals surface area contributed by atoms with Crippen molar-refractivity contribution in [2.45, 2.75) is 137 Å². The number of ether oxygens (including phenoxy) is 1. The van der Waals surface area contributed by atoms with Crippen LogP contribution in [0.2, 0.25) is 0 Å². The van der Waals surface area contributed by atoms with Crippen molar-refractivity contribution < 1.29 is 9.53 Å². The van der Waals surface area contributed by atoms with Gasteiger partial charge >= 0.3 is 5.97 Å². The molecule has 0 saturated carbocycles. The van der Waals surface area contributed by atoms with Crippen LogP contribution in [0, 0.1) is 11.8 Å².